The van der Waals surface area contributed by atoms with Gasteiger partial charge >= 0.3 is 6.01 Å². The van der Waals surface area contributed by atoms with Crippen molar-refractivity contribution >= 4 is 35.1 Å². The Kier molecular flexibility index (Phi) is 12.9. The maximum absolute atomic E-state index is 17.2. The molecule has 7 rings (SSSR count). The molecule has 3 atom stereocenters. The van der Waals surface area contributed by atoms with Crippen LogP contribution in [0.25, 0.3) is 22.6 Å². The number of piperidine rings is 1. The van der Waals surface area contributed by atoms with E-state index in [1.807, 2.05) is 38.7 Å². The second-order valence-electron chi connectivity index (χ2n) is 15.6. The summed E-state index contributed by atoms with van der Waals surface area (Å²) < 4.78 is 41.0. The van der Waals surface area contributed by atoms with Crippen LogP contribution in [0, 0.1) is 25.2 Å². The molecule has 0 spiro atoms. The third-order valence-corrected chi connectivity index (χ3v) is 11.9. The van der Waals surface area contributed by atoms with Gasteiger partial charge in [-0.05, 0) is 101 Å². The number of aromatic amines is 1. The summed E-state index contributed by atoms with van der Waals surface area (Å²) in [6.45, 7) is 18.9. The second kappa shape index (κ2) is 17.4. The molecule has 12 nitrogen and oxygen atoms in total. The molecule has 13 heteroatoms. The number of hydrogen-bond acceptors (Lipinski definition) is 11. The molecule has 0 amide bonds. The number of ether oxygens (including phenoxy) is 4. The van der Waals surface area contributed by atoms with Gasteiger partial charge in [0.05, 0.1) is 45.2 Å². The molecule has 0 radical (unpaired) electrons. The first-order valence-electron chi connectivity index (χ1n) is 19.8. The Bertz CT molecular complexity index is 1890. The minimum absolute atomic E-state index is 0.0249. The third-order valence-electron chi connectivity index (χ3n) is 11.9. The van der Waals surface area contributed by atoms with Crippen LogP contribution in [0.15, 0.2) is 17.3 Å². The number of methoxy groups -OCH3 is 1. The lowest BCUT2D eigenvalue weighted by Gasteiger charge is -2.47. The first kappa shape index (κ1) is 40.0. The van der Waals surface area contributed by atoms with E-state index in [0.717, 1.165) is 98.8 Å². The monoisotopic (exact) mass is 749 g/mol. The predicted octanol–water partition coefficient (Wildman–Crippen LogP) is 4.76. The van der Waals surface area contributed by atoms with Crippen LogP contribution < -0.4 is 20.2 Å². The zero-order valence-corrected chi connectivity index (χ0v) is 33.2. The molecule has 2 aromatic heterocycles. The number of anilines is 1. The molecule has 1 saturated carbocycles. The van der Waals surface area contributed by atoms with Crippen molar-refractivity contribution in [2.75, 3.05) is 71.2 Å². The molecule has 3 aromatic rings. The number of halogens is 1. The van der Waals surface area contributed by atoms with Crippen molar-refractivity contribution < 1.29 is 28.4 Å². The quantitative estimate of drug-likeness (QED) is 0.280. The van der Waals surface area contributed by atoms with Crippen molar-refractivity contribution in [2.45, 2.75) is 97.6 Å². The fourth-order valence-electron chi connectivity index (χ4n) is 9.12. The molecule has 3 unspecified atom stereocenters. The first-order valence-corrected chi connectivity index (χ1v) is 19.8. The van der Waals surface area contributed by atoms with Gasteiger partial charge in [-0.3, -0.25) is 10.00 Å². The fraction of sp³-hybridized carbons (Fsp3) is 0.659. The van der Waals surface area contributed by atoms with Crippen molar-refractivity contribution in [2.24, 2.45) is 16.3 Å². The van der Waals surface area contributed by atoms with Crippen molar-refractivity contribution in [1.82, 2.24) is 25.1 Å². The molecule has 0 bridgehead atoms. The number of hydrogen-bond donors (Lipinski definition) is 2. The van der Waals surface area contributed by atoms with Crippen LogP contribution in [-0.2, 0) is 20.6 Å². The van der Waals surface area contributed by atoms with E-state index in [4.69, 9.17) is 28.9 Å². The summed E-state index contributed by atoms with van der Waals surface area (Å²) in [7, 11) is 1.47. The molecule has 3 saturated heterocycles. The van der Waals surface area contributed by atoms with Crippen LogP contribution in [0.5, 0.6) is 6.01 Å². The molecule has 1 aliphatic carbocycles. The number of benzene rings is 1. The first-order chi connectivity index (χ1) is 26.1. The number of β-amino-alcohol motifs (C(OH)–C–C–N with tert-alkyl or cyclic N) is 1. The number of H-pyrrole nitrogens is 1. The Labute approximate surface area is 318 Å². The average Bonchev–Trinajstić information content (AvgIpc) is 3.79. The number of aliphatic hydroxyl groups is 1. The van der Waals surface area contributed by atoms with Gasteiger partial charge in [0, 0.05) is 49.6 Å². The number of aryl methyl sites for hydroxylation is 1. The van der Waals surface area contributed by atoms with Gasteiger partial charge < -0.3 is 29.0 Å². The number of rotatable bonds is 10. The van der Waals surface area contributed by atoms with Crippen molar-refractivity contribution in [3.05, 3.63) is 39.5 Å². The van der Waals surface area contributed by atoms with Crippen LogP contribution in [0.1, 0.15) is 82.4 Å². The van der Waals surface area contributed by atoms with E-state index in [1.165, 1.54) is 7.11 Å². The minimum Gasteiger partial charge on any atom is -0.480 e. The number of nitrogens with one attached hydrogen (secondary N) is 1. The van der Waals surface area contributed by atoms with Crippen LogP contribution in [-0.4, -0.2) is 115 Å². The predicted molar refractivity (Wildman–Crippen MR) is 210 cm³/mol. The van der Waals surface area contributed by atoms with Gasteiger partial charge in [0.25, 0.3) is 0 Å². The molecule has 1 aromatic carbocycles. The molecular formula is C41H60FN7O5. The summed E-state index contributed by atoms with van der Waals surface area (Å²) in [6.07, 6.45) is 9.46. The summed E-state index contributed by atoms with van der Waals surface area (Å²) in [4.78, 5) is 18.5. The topological polar surface area (TPSA) is 130 Å². The average molecular weight is 750 g/mol. The standard InChI is InChI=1S/C39H54FN7O5.C2H6/c1-25-18-31-29(20-42-45-31)28(26(25)2)19-30(40)34-33(36(41-4)49-5)35(47-14-17-51-23-38(3,48)22-47)44-37(43-34)52-24-39-11-6-8-32(39)46(13-7-12-39)21-27-9-15-50-16-10-27;1-2/h18,20,27,32,48H,4,6-17,19,21-24H2,1-3,5H3,(H,42,45);1-2H3/b34-30-,36-33-;. The van der Waals surface area contributed by atoms with Crippen molar-refractivity contribution in [1.29, 1.82) is 0 Å². The molecule has 54 heavy (non-hydrogen) atoms. The third kappa shape index (κ3) is 8.44. The van der Waals surface area contributed by atoms with Gasteiger partial charge in [0.1, 0.15) is 27.8 Å². The Morgan fingerprint density at radius 1 is 1.11 bits per heavy atom. The van der Waals surface area contributed by atoms with Crippen LogP contribution >= 0.6 is 0 Å². The lowest BCUT2D eigenvalue weighted by molar-refractivity contribution is -0.0204. The largest absolute Gasteiger partial charge is 0.480 e. The number of aliphatic imine (C=N–C) groups is 1. The summed E-state index contributed by atoms with van der Waals surface area (Å²) >= 11 is 0. The van der Waals surface area contributed by atoms with Crippen molar-refractivity contribution in [3.63, 3.8) is 0 Å². The van der Waals surface area contributed by atoms with Gasteiger partial charge in [-0.15, -0.1) is 0 Å². The van der Waals surface area contributed by atoms with Gasteiger partial charge in [-0.2, -0.15) is 15.1 Å². The number of fused-ring (bicyclic) bond motifs is 2. The number of likely N-dealkylation sites (tertiary alicyclic amines) is 1. The summed E-state index contributed by atoms with van der Waals surface area (Å²) in [6, 6.07) is 2.53. The molecule has 4 fully saturated rings. The van der Waals surface area contributed by atoms with E-state index < -0.39 is 11.4 Å². The van der Waals surface area contributed by atoms with Gasteiger partial charge in [0.15, 0.2) is 0 Å². The smallest absolute Gasteiger partial charge is 0.319 e. The summed E-state index contributed by atoms with van der Waals surface area (Å²) in [5.41, 5.74) is 2.43. The molecule has 296 valence electrons. The highest BCUT2D eigenvalue weighted by Crippen LogP contribution is 2.48. The second-order valence-corrected chi connectivity index (χ2v) is 15.6. The minimum atomic E-state index is -1.19. The maximum atomic E-state index is 17.2. The Morgan fingerprint density at radius 2 is 1.89 bits per heavy atom. The fourth-order valence-corrected chi connectivity index (χ4v) is 9.12. The zero-order valence-electron chi connectivity index (χ0n) is 33.2. The molecular weight excluding hydrogens is 689 g/mol. The lowest BCUT2D eigenvalue weighted by Crippen LogP contribution is -2.53. The van der Waals surface area contributed by atoms with E-state index in [9.17, 15) is 5.11 Å². The molecule has 5 heterocycles. The van der Waals surface area contributed by atoms with E-state index in [2.05, 4.69) is 26.8 Å². The lowest BCUT2D eigenvalue weighted by atomic mass is 9.75. The summed E-state index contributed by atoms with van der Waals surface area (Å²) in [5.74, 6) is 0.597. The zero-order chi connectivity index (χ0) is 38.5. The Hall–Kier alpha value is -3.65. The van der Waals surface area contributed by atoms with Gasteiger partial charge in [0.2, 0.25) is 5.88 Å². The molecule has 3 aliphatic heterocycles. The highest BCUT2D eigenvalue weighted by atomic mass is 19.1. The molecule has 2 N–H and O–H groups in total. The van der Waals surface area contributed by atoms with E-state index in [0.29, 0.717) is 37.5 Å². The Balaban J connectivity index is 0.00000245. The summed E-state index contributed by atoms with van der Waals surface area (Å²) in [5, 5.41) is 19.6. The van der Waals surface area contributed by atoms with Gasteiger partial charge in [-0.1, -0.05) is 20.3 Å². The highest BCUT2D eigenvalue weighted by Gasteiger charge is 2.49. The van der Waals surface area contributed by atoms with E-state index >= 15 is 4.39 Å². The van der Waals surface area contributed by atoms with Crippen molar-refractivity contribution in [3.8, 4) is 6.01 Å². The number of nitrogens with zero attached hydrogens (tertiary/aromatic N) is 6. The normalized spacial score (nSPS) is 26.4. The van der Waals surface area contributed by atoms with Crippen LogP contribution in [0.2, 0.25) is 0 Å². The van der Waals surface area contributed by atoms with Crippen LogP contribution in [0.3, 0.4) is 0 Å². The SMILES string of the molecule is C=N/C(OC)=c1/c(N2CCOCC(C)(O)C2)nc(OCC23CCCC2N(CC2CCOCC2)CCC3)n/c1=C(\F)Cc1c(C)c(C)cc2[nH]ncc12.CC. The maximum Gasteiger partial charge on any atom is 0.319 e. The molecule has 4 aliphatic rings. The van der Waals surface area contributed by atoms with Gasteiger partial charge in [-0.25, -0.2) is 9.38 Å². The number of aromatic nitrogens is 4. The van der Waals surface area contributed by atoms with Crippen LogP contribution in [0.4, 0.5) is 10.2 Å². The van der Waals surface area contributed by atoms with E-state index in [1.54, 1.807) is 13.1 Å². The van der Waals surface area contributed by atoms with E-state index in [-0.39, 0.29) is 47.4 Å². The highest BCUT2D eigenvalue weighted by molar-refractivity contribution is 5.85. The Morgan fingerprint density at radius 3 is 2.65 bits per heavy atom.